The van der Waals surface area contributed by atoms with Gasteiger partial charge in [0.1, 0.15) is 5.56 Å². The molecule has 2 aromatic carbocycles. The maximum atomic E-state index is 13.0. The molecule has 0 atom stereocenters. The molecule has 0 unspecified atom stereocenters. The molecule has 1 amide bonds. The first-order valence-electron chi connectivity index (χ1n) is 10.5. The quantitative estimate of drug-likeness (QED) is 0.612. The lowest BCUT2D eigenvalue weighted by atomic mass is 10.1. The third-order valence-electron chi connectivity index (χ3n) is 5.54. The van der Waals surface area contributed by atoms with Crippen molar-refractivity contribution in [2.45, 2.75) is 13.0 Å². The Labute approximate surface area is 188 Å². The molecular weight excluding hydrogens is 414 g/mol. The van der Waals surface area contributed by atoms with Crippen molar-refractivity contribution in [2.24, 2.45) is 0 Å². The first kappa shape index (κ1) is 23.0. The first-order valence-corrected chi connectivity index (χ1v) is 10.5. The van der Waals surface area contributed by atoms with Crippen LogP contribution in [0.15, 0.2) is 65.6 Å². The number of fused-ring (bicyclic) bond motifs is 1. The van der Waals surface area contributed by atoms with Gasteiger partial charge in [-0.05, 0) is 24.1 Å². The number of halogens is 1. The van der Waals surface area contributed by atoms with Gasteiger partial charge in [-0.1, -0.05) is 42.5 Å². The molecule has 1 aliphatic rings. The van der Waals surface area contributed by atoms with Crippen LogP contribution < -0.4 is 10.7 Å². The smallest absolute Gasteiger partial charge is 0.256 e. The molecule has 0 aliphatic carbocycles. The van der Waals surface area contributed by atoms with E-state index in [4.69, 9.17) is 4.74 Å². The molecule has 2 heterocycles. The molecule has 1 N–H and O–H groups in total. The Bertz CT molecular complexity index is 1060. The molecule has 7 heteroatoms. The molecule has 6 nitrogen and oxygen atoms in total. The van der Waals surface area contributed by atoms with Crippen molar-refractivity contribution in [2.75, 3.05) is 39.4 Å². The van der Waals surface area contributed by atoms with Crippen LogP contribution in [0.4, 0.5) is 0 Å². The summed E-state index contributed by atoms with van der Waals surface area (Å²) < 4.78 is 7.44. The van der Waals surface area contributed by atoms with Gasteiger partial charge < -0.3 is 14.6 Å². The number of carbonyl (C=O) groups is 1. The molecule has 31 heavy (non-hydrogen) atoms. The van der Waals surface area contributed by atoms with E-state index in [-0.39, 0.29) is 29.3 Å². The molecule has 3 aromatic rings. The van der Waals surface area contributed by atoms with Crippen molar-refractivity contribution in [3.8, 4) is 0 Å². The van der Waals surface area contributed by atoms with Gasteiger partial charge in [0, 0.05) is 44.3 Å². The number of carbonyl (C=O) groups excluding carboxylic acids is 1. The van der Waals surface area contributed by atoms with Gasteiger partial charge in [0.05, 0.1) is 18.7 Å². The third-order valence-corrected chi connectivity index (χ3v) is 5.54. The van der Waals surface area contributed by atoms with Crippen LogP contribution in [0, 0.1) is 0 Å². The summed E-state index contributed by atoms with van der Waals surface area (Å²) in [6.45, 7) is 5.37. The fourth-order valence-corrected chi connectivity index (χ4v) is 3.83. The minimum atomic E-state index is -0.318. The number of rotatable bonds is 7. The zero-order valence-electron chi connectivity index (χ0n) is 17.5. The summed E-state index contributed by atoms with van der Waals surface area (Å²) in [6.07, 6.45) is 2.44. The Hall–Kier alpha value is -2.67. The van der Waals surface area contributed by atoms with Crippen LogP contribution in [0.1, 0.15) is 15.9 Å². The van der Waals surface area contributed by atoms with Gasteiger partial charge in [0.25, 0.3) is 5.91 Å². The molecule has 0 radical (unpaired) electrons. The topological polar surface area (TPSA) is 63.6 Å². The van der Waals surface area contributed by atoms with E-state index in [1.54, 1.807) is 12.3 Å². The number of ether oxygens (including phenoxy) is 1. The highest BCUT2D eigenvalue weighted by atomic mass is 35.5. The average Bonchev–Trinajstić information content (AvgIpc) is 2.80. The molecular formula is C24H28ClN3O3. The molecule has 0 saturated carbocycles. The summed E-state index contributed by atoms with van der Waals surface area (Å²) in [6, 6.07) is 17.5. The monoisotopic (exact) mass is 441 g/mol. The van der Waals surface area contributed by atoms with Gasteiger partial charge in [-0.15, -0.1) is 12.4 Å². The zero-order chi connectivity index (χ0) is 20.8. The number of hydrogen-bond donors (Lipinski definition) is 1. The number of morpholine rings is 1. The maximum Gasteiger partial charge on any atom is 0.256 e. The highest BCUT2D eigenvalue weighted by molar-refractivity contribution is 5.97. The van der Waals surface area contributed by atoms with E-state index < -0.39 is 0 Å². The van der Waals surface area contributed by atoms with E-state index in [1.165, 1.54) is 0 Å². The number of aromatic nitrogens is 1. The van der Waals surface area contributed by atoms with Crippen molar-refractivity contribution in [1.82, 2.24) is 14.8 Å². The standard InChI is InChI=1S/C24H27N3O3.ClH/c28-23-20-8-4-5-9-22(20)27(13-12-26-14-16-30-17-15-26)18-21(23)24(29)25-11-10-19-6-2-1-3-7-19;/h1-9,18H,10-17H2,(H,25,29);1H. The van der Waals surface area contributed by atoms with Crippen molar-refractivity contribution in [1.29, 1.82) is 0 Å². The van der Waals surface area contributed by atoms with Crippen LogP contribution in [0.2, 0.25) is 0 Å². The summed E-state index contributed by atoms with van der Waals surface area (Å²) in [5, 5.41) is 3.49. The van der Waals surface area contributed by atoms with Crippen LogP contribution in [0.3, 0.4) is 0 Å². The molecule has 1 fully saturated rings. The number of pyridine rings is 1. The normalized spacial score (nSPS) is 14.2. The fraction of sp³-hybridized carbons (Fsp3) is 0.333. The second-order valence-corrected chi connectivity index (χ2v) is 7.53. The molecule has 0 spiro atoms. The van der Waals surface area contributed by atoms with Crippen LogP contribution in [-0.2, 0) is 17.7 Å². The molecule has 1 aliphatic heterocycles. The Kier molecular flexibility index (Phi) is 8.23. The second kappa shape index (κ2) is 11.1. The number of amides is 1. The average molecular weight is 442 g/mol. The summed E-state index contributed by atoms with van der Waals surface area (Å²) in [4.78, 5) is 28.1. The van der Waals surface area contributed by atoms with Crippen LogP contribution >= 0.6 is 12.4 Å². The largest absolute Gasteiger partial charge is 0.379 e. The fourth-order valence-electron chi connectivity index (χ4n) is 3.83. The van der Waals surface area contributed by atoms with E-state index in [0.717, 1.165) is 50.3 Å². The van der Waals surface area contributed by atoms with E-state index in [9.17, 15) is 9.59 Å². The summed E-state index contributed by atoms with van der Waals surface area (Å²) in [5.74, 6) is -0.318. The summed E-state index contributed by atoms with van der Waals surface area (Å²) in [5.41, 5.74) is 1.99. The Morgan fingerprint density at radius 2 is 1.68 bits per heavy atom. The van der Waals surface area contributed by atoms with Gasteiger partial charge in [-0.2, -0.15) is 0 Å². The lowest BCUT2D eigenvalue weighted by molar-refractivity contribution is 0.0365. The van der Waals surface area contributed by atoms with Gasteiger partial charge in [-0.25, -0.2) is 0 Å². The Morgan fingerprint density at radius 3 is 2.45 bits per heavy atom. The van der Waals surface area contributed by atoms with Crippen LogP contribution in [0.25, 0.3) is 10.9 Å². The number of nitrogens with one attached hydrogen (secondary N) is 1. The minimum absolute atomic E-state index is 0. The predicted octanol–water partition coefficient (Wildman–Crippen LogP) is 2.73. The van der Waals surface area contributed by atoms with Crippen LogP contribution in [0.5, 0.6) is 0 Å². The lowest BCUT2D eigenvalue weighted by Gasteiger charge is -2.27. The second-order valence-electron chi connectivity index (χ2n) is 7.53. The van der Waals surface area contributed by atoms with E-state index in [0.29, 0.717) is 18.5 Å². The Morgan fingerprint density at radius 1 is 0.968 bits per heavy atom. The van der Waals surface area contributed by atoms with Gasteiger partial charge in [-0.3, -0.25) is 14.5 Å². The number of nitrogens with zero attached hydrogens (tertiary/aromatic N) is 2. The summed E-state index contributed by atoms with van der Waals surface area (Å²) >= 11 is 0. The zero-order valence-corrected chi connectivity index (χ0v) is 18.3. The van der Waals surface area contributed by atoms with Crippen molar-refractivity contribution >= 4 is 29.2 Å². The SMILES string of the molecule is Cl.O=C(NCCc1ccccc1)c1cn(CCN2CCOCC2)c2ccccc2c1=O. The maximum absolute atomic E-state index is 13.0. The molecule has 4 rings (SSSR count). The summed E-state index contributed by atoms with van der Waals surface area (Å²) in [7, 11) is 0. The molecule has 1 aromatic heterocycles. The molecule has 0 bridgehead atoms. The highest BCUT2D eigenvalue weighted by Crippen LogP contribution is 2.12. The van der Waals surface area contributed by atoms with E-state index in [2.05, 4.69) is 10.2 Å². The van der Waals surface area contributed by atoms with Gasteiger partial charge >= 0.3 is 0 Å². The van der Waals surface area contributed by atoms with Crippen molar-refractivity contribution in [3.05, 3.63) is 82.1 Å². The lowest BCUT2D eigenvalue weighted by Crippen LogP contribution is -2.38. The van der Waals surface area contributed by atoms with Crippen molar-refractivity contribution < 1.29 is 9.53 Å². The number of para-hydroxylation sites is 1. The highest BCUT2D eigenvalue weighted by Gasteiger charge is 2.16. The van der Waals surface area contributed by atoms with E-state index >= 15 is 0 Å². The van der Waals surface area contributed by atoms with Gasteiger partial charge in [0.15, 0.2) is 0 Å². The first-order chi connectivity index (χ1) is 14.7. The third kappa shape index (κ3) is 5.73. The minimum Gasteiger partial charge on any atom is -0.379 e. The molecule has 1 saturated heterocycles. The predicted molar refractivity (Wildman–Crippen MR) is 125 cm³/mol. The number of benzene rings is 2. The van der Waals surface area contributed by atoms with Crippen LogP contribution in [-0.4, -0.2) is 54.8 Å². The Balaban J connectivity index is 0.00000272. The molecule has 164 valence electrons. The number of hydrogen-bond acceptors (Lipinski definition) is 4. The van der Waals surface area contributed by atoms with Gasteiger partial charge in [0.2, 0.25) is 5.43 Å². The van der Waals surface area contributed by atoms with E-state index in [1.807, 2.05) is 53.1 Å². The van der Waals surface area contributed by atoms with Crippen molar-refractivity contribution in [3.63, 3.8) is 0 Å².